The summed E-state index contributed by atoms with van der Waals surface area (Å²) in [5.41, 5.74) is 0.803. The summed E-state index contributed by atoms with van der Waals surface area (Å²) in [7, 11) is 0. The van der Waals surface area contributed by atoms with Crippen molar-refractivity contribution in [1.82, 2.24) is 0 Å². The first-order valence-electron chi connectivity index (χ1n) is 8.45. The van der Waals surface area contributed by atoms with Gasteiger partial charge in [0.25, 0.3) is 0 Å². The maximum absolute atomic E-state index is 12.6. The highest BCUT2D eigenvalue weighted by atomic mass is 16.5. The maximum atomic E-state index is 12.6. The highest BCUT2D eigenvalue weighted by molar-refractivity contribution is 5.77. The van der Waals surface area contributed by atoms with Crippen molar-refractivity contribution in [3.63, 3.8) is 0 Å². The lowest BCUT2D eigenvalue weighted by Gasteiger charge is -2.55. The van der Waals surface area contributed by atoms with Crippen LogP contribution >= 0.6 is 0 Å². The van der Waals surface area contributed by atoms with Crippen LogP contribution in [-0.2, 0) is 9.53 Å². The Kier molecular flexibility index (Phi) is 3.45. The predicted molar refractivity (Wildman–Crippen MR) is 84.9 cm³/mol. The van der Waals surface area contributed by atoms with Crippen molar-refractivity contribution < 1.29 is 9.53 Å². The third-order valence-corrected chi connectivity index (χ3v) is 5.75. The highest BCUT2D eigenvalue weighted by Gasteiger charge is 2.55. The summed E-state index contributed by atoms with van der Waals surface area (Å²) in [6, 6.07) is 9.83. The van der Waals surface area contributed by atoms with Crippen molar-refractivity contribution in [3.05, 3.63) is 35.9 Å². The number of hydrogen-bond donors (Lipinski definition) is 0. The zero-order valence-electron chi connectivity index (χ0n) is 12.9. The average molecular weight is 294 g/mol. The van der Waals surface area contributed by atoms with E-state index in [-0.39, 0.29) is 18.0 Å². The first kappa shape index (κ1) is 13.9. The Hall–Kier alpha value is -1.75. The summed E-state index contributed by atoms with van der Waals surface area (Å²) >= 11 is 0. The Morgan fingerprint density at radius 3 is 2.23 bits per heavy atom. The van der Waals surface area contributed by atoms with Gasteiger partial charge in [0.15, 0.2) is 6.61 Å². The fraction of sp³-hybridized carbons (Fsp3) is 0.550. The van der Waals surface area contributed by atoms with Crippen LogP contribution in [0.1, 0.15) is 44.1 Å². The van der Waals surface area contributed by atoms with Crippen molar-refractivity contribution in [2.45, 2.75) is 38.5 Å². The van der Waals surface area contributed by atoms with Crippen molar-refractivity contribution in [1.29, 1.82) is 0 Å². The van der Waals surface area contributed by atoms with Gasteiger partial charge in [0.1, 0.15) is 0 Å². The third-order valence-electron chi connectivity index (χ3n) is 5.75. The summed E-state index contributed by atoms with van der Waals surface area (Å²) in [6.07, 6.45) is 7.22. The van der Waals surface area contributed by atoms with E-state index in [1.54, 1.807) is 0 Å². The standard InChI is InChI=1S/C20H22O2/c21-19(22-8-4-7-15-5-2-1-3-6-15)20-12-16-9-17(13-20)11-18(10-16)14-20/h1-3,5-6,16-18H,8-14H2. The van der Waals surface area contributed by atoms with E-state index in [0.29, 0.717) is 0 Å². The van der Waals surface area contributed by atoms with Crippen LogP contribution in [0, 0.1) is 35.0 Å². The molecule has 2 heteroatoms. The van der Waals surface area contributed by atoms with E-state index < -0.39 is 0 Å². The predicted octanol–water partition coefficient (Wildman–Crippen LogP) is 3.80. The Labute approximate surface area is 132 Å². The fourth-order valence-electron chi connectivity index (χ4n) is 5.28. The molecule has 0 saturated heterocycles. The molecular weight excluding hydrogens is 272 g/mol. The normalized spacial score (nSPS) is 34.8. The summed E-state index contributed by atoms with van der Waals surface area (Å²) < 4.78 is 5.54. The second-order valence-electron chi connectivity index (χ2n) is 7.44. The van der Waals surface area contributed by atoms with E-state index in [1.165, 1.54) is 19.3 Å². The van der Waals surface area contributed by atoms with Gasteiger partial charge in [0, 0.05) is 5.56 Å². The van der Waals surface area contributed by atoms with Crippen molar-refractivity contribution in [2.75, 3.05) is 6.61 Å². The zero-order chi connectivity index (χ0) is 15.0. The second kappa shape index (κ2) is 5.47. The van der Waals surface area contributed by atoms with Gasteiger partial charge in [-0.3, -0.25) is 4.79 Å². The molecule has 0 heterocycles. The molecule has 1 aromatic rings. The average Bonchev–Trinajstić information content (AvgIpc) is 2.51. The molecule has 0 aromatic heterocycles. The molecule has 0 radical (unpaired) electrons. The molecule has 0 aliphatic heterocycles. The van der Waals surface area contributed by atoms with Crippen LogP contribution in [-0.4, -0.2) is 12.6 Å². The van der Waals surface area contributed by atoms with Crippen LogP contribution in [0.3, 0.4) is 0 Å². The number of carbonyl (C=O) groups excluding carboxylic acids is 1. The van der Waals surface area contributed by atoms with Crippen molar-refractivity contribution in [3.8, 4) is 11.8 Å². The molecule has 1 aromatic carbocycles. The number of rotatable bonds is 2. The summed E-state index contributed by atoms with van der Waals surface area (Å²) in [5, 5.41) is 0. The van der Waals surface area contributed by atoms with Gasteiger partial charge in [-0.05, 0) is 68.4 Å². The Balaban J connectivity index is 1.38. The number of benzene rings is 1. The van der Waals surface area contributed by atoms with Crippen LogP contribution in [0.4, 0.5) is 0 Å². The smallest absolute Gasteiger partial charge is 0.313 e. The van der Waals surface area contributed by atoms with Crippen LogP contribution in [0.25, 0.3) is 0 Å². The first-order valence-corrected chi connectivity index (χ1v) is 8.45. The molecule has 4 aliphatic rings. The minimum absolute atomic E-state index is 0.0222. The molecule has 0 unspecified atom stereocenters. The van der Waals surface area contributed by atoms with Crippen LogP contribution in [0.2, 0.25) is 0 Å². The fourth-order valence-corrected chi connectivity index (χ4v) is 5.28. The molecular formula is C20H22O2. The molecule has 22 heavy (non-hydrogen) atoms. The molecule has 4 saturated carbocycles. The van der Waals surface area contributed by atoms with Gasteiger partial charge in [-0.1, -0.05) is 30.0 Å². The molecule has 4 bridgehead atoms. The zero-order valence-corrected chi connectivity index (χ0v) is 12.9. The van der Waals surface area contributed by atoms with Gasteiger partial charge in [-0.2, -0.15) is 0 Å². The molecule has 0 amide bonds. The van der Waals surface area contributed by atoms with E-state index in [0.717, 1.165) is 42.6 Å². The van der Waals surface area contributed by atoms with Gasteiger partial charge in [0.2, 0.25) is 0 Å². The molecule has 4 fully saturated rings. The van der Waals surface area contributed by atoms with Crippen molar-refractivity contribution in [2.24, 2.45) is 23.2 Å². The van der Waals surface area contributed by atoms with E-state index in [2.05, 4.69) is 11.8 Å². The number of ether oxygens (including phenoxy) is 1. The number of carbonyl (C=O) groups is 1. The van der Waals surface area contributed by atoms with Gasteiger partial charge < -0.3 is 4.74 Å². The lowest BCUT2D eigenvalue weighted by molar-refractivity contribution is -0.170. The van der Waals surface area contributed by atoms with E-state index in [1.807, 2.05) is 30.3 Å². The first-order chi connectivity index (χ1) is 10.7. The molecule has 4 aliphatic carbocycles. The van der Waals surface area contributed by atoms with Gasteiger partial charge >= 0.3 is 5.97 Å². The van der Waals surface area contributed by atoms with Crippen molar-refractivity contribution >= 4 is 5.97 Å². The molecule has 2 nitrogen and oxygen atoms in total. The van der Waals surface area contributed by atoms with Gasteiger partial charge in [0.05, 0.1) is 5.41 Å². The SMILES string of the molecule is O=C(OCC#Cc1ccccc1)C12CC3CC(CC(C3)C1)C2. The quantitative estimate of drug-likeness (QED) is 0.612. The molecule has 5 rings (SSSR count). The Morgan fingerprint density at radius 1 is 1.05 bits per heavy atom. The molecule has 0 spiro atoms. The molecule has 114 valence electrons. The second-order valence-corrected chi connectivity index (χ2v) is 7.44. The maximum Gasteiger partial charge on any atom is 0.313 e. The monoisotopic (exact) mass is 294 g/mol. The molecule has 0 N–H and O–H groups in total. The topological polar surface area (TPSA) is 26.3 Å². The van der Waals surface area contributed by atoms with Crippen LogP contribution in [0.5, 0.6) is 0 Å². The summed E-state index contributed by atoms with van der Waals surface area (Å²) in [4.78, 5) is 12.6. The van der Waals surface area contributed by atoms with E-state index in [9.17, 15) is 4.79 Å². The lowest BCUT2D eigenvalue weighted by atomic mass is 9.49. The van der Waals surface area contributed by atoms with Gasteiger partial charge in [-0.25, -0.2) is 0 Å². The number of esters is 1. The van der Waals surface area contributed by atoms with E-state index in [4.69, 9.17) is 4.74 Å². The number of hydrogen-bond acceptors (Lipinski definition) is 2. The van der Waals surface area contributed by atoms with Crippen LogP contribution < -0.4 is 0 Å². The Bertz CT molecular complexity index is 585. The highest BCUT2D eigenvalue weighted by Crippen LogP contribution is 2.60. The van der Waals surface area contributed by atoms with Gasteiger partial charge in [-0.15, -0.1) is 0 Å². The van der Waals surface area contributed by atoms with E-state index >= 15 is 0 Å². The largest absolute Gasteiger partial charge is 0.452 e. The summed E-state index contributed by atoms with van der Waals surface area (Å²) in [5.74, 6) is 8.36. The molecule has 0 atom stereocenters. The summed E-state index contributed by atoms with van der Waals surface area (Å²) in [6.45, 7) is 0.218. The third kappa shape index (κ3) is 2.54. The minimum atomic E-state index is -0.164. The van der Waals surface area contributed by atoms with Crippen LogP contribution in [0.15, 0.2) is 30.3 Å². The Morgan fingerprint density at radius 2 is 1.64 bits per heavy atom. The minimum Gasteiger partial charge on any atom is -0.452 e. The lowest BCUT2D eigenvalue weighted by Crippen LogP contribution is -2.50.